The molecule has 11 nitrogen and oxygen atoms in total. The van der Waals surface area contributed by atoms with Gasteiger partial charge in [-0.1, -0.05) is 12.1 Å². The van der Waals surface area contributed by atoms with Crippen LogP contribution in [0.4, 0.5) is 11.4 Å². The van der Waals surface area contributed by atoms with Crippen molar-refractivity contribution in [2.24, 2.45) is 0 Å². The summed E-state index contributed by atoms with van der Waals surface area (Å²) >= 11 is 0. The summed E-state index contributed by atoms with van der Waals surface area (Å²) in [5.74, 6) is -2.31. The van der Waals surface area contributed by atoms with Crippen LogP contribution >= 0.6 is 0 Å². The minimum absolute atomic E-state index is 0.0848. The summed E-state index contributed by atoms with van der Waals surface area (Å²) in [4.78, 5) is 54.8. The Kier molecular flexibility index (Phi) is 4.76. The van der Waals surface area contributed by atoms with Crippen LogP contribution in [0.25, 0.3) is 21.8 Å². The van der Waals surface area contributed by atoms with E-state index >= 15 is 0 Å². The second-order valence-corrected chi connectivity index (χ2v) is 6.25. The minimum Gasteiger partial charge on any atom is -0.386 e. The summed E-state index contributed by atoms with van der Waals surface area (Å²) < 4.78 is 4.93. The second-order valence-electron chi connectivity index (χ2n) is 6.25. The van der Waals surface area contributed by atoms with Crippen molar-refractivity contribution >= 4 is 45.1 Å². The largest absolute Gasteiger partial charge is 0.386 e. The summed E-state index contributed by atoms with van der Waals surface area (Å²) in [6.07, 6.45) is 2.45. The Bertz CT molecular complexity index is 1300. The molecule has 0 radical (unpaired) electrons. The highest BCUT2D eigenvalue weighted by molar-refractivity contribution is 6.14. The quantitative estimate of drug-likeness (QED) is 0.209. The molecule has 0 bridgehead atoms. The average molecular weight is 418 g/mol. The Morgan fingerprint density at radius 1 is 0.710 bits per heavy atom. The highest BCUT2D eigenvalue weighted by atomic mass is 16.6. The van der Waals surface area contributed by atoms with E-state index in [1.807, 2.05) is 0 Å². The van der Waals surface area contributed by atoms with Gasteiger partial charge in [-0.3, -0.25) is 30.2 Å². The van der Waals surface area contributed by atoms with E-state index in [-0.39, 0.29) is 44.3 Å². The van der Waals surface area contributed by atoms with Gasteiger partial charge in [-0.15, -0.1) is 0 Å². The third-order valence-corrected chi connectivity index (χ3v) is 4.51. The normalized spacial score (nSPS) is 10.7. The molecule has 4 aromatic rings. The van der Waals surface area contributed by atoms with Crippen molar-refractivity contribution in [1.29, 1.82) is 0 Å². The summed E-state index contributed by atoms with van der Waals surface area (Å²) in [6, 6.07) is 10.6. The molecule has 0 aliphatic rings. The van der Waals surface area contributed by atoms with Crippen molar-refractivity contribution in [2.75, 3.05) is 0 Å². The lowest BCUT2D eigenvalue weighted by Gasteiger charge is -2.08. The fourth-order valence-corrected chi connectivity index (χ4v) is 3.22. The fraction of sp³-hybridized carbons (Fsp3) is 0. The number of rotatable bonds is 4. The van der Waals surface area contributed by atoms with E-state index in [1.165, 1.54) is 48.8 Å². The topological polar surface area (TPSA) is 155 Å². The number of hydrogen-bond acceptors (Lipinski definition) is 9. The zero-order valence-corrected chi connectivity index (χ0v) is 15.4. The predicted molar refractivity (Wildman–Crippen MR) is 107 cm³/mol. The minimum atomic E-state index is -1.16. The van der Waals surface area contributed by atoms with Gasteiger partial charge >= 0.3 is 11.9 Å². The summed E-state index contributed by atoms with van der Waals surface area (Å²) in [5, 5.41) is 22.6. The van der Waals surface area contributed by atoms with Crippen molar-refractivity contribution in [3.8, 4) is 0 Å². The maximum Gasteiger partial charge on any atom is 0.346 e. The van der Waals surface area contributed by atoms with E-state index in [0.717, 1.165) is 12.1 Å². The molecule has 2 aromatic carbocycles. The van der Waals surface area contributed by atoms with Gasteiger partial charge in [-0.25, -0.2) is 9.59 Å². The van der Waals surface area contributed by atoms with Gasteiger partial charge in [0.05, 0.1) is 42.8 Å². The molecule has 0 fully saturated rings. The molecule has 2 heterocycles. The summed E-state index contributed by atoms with van der Waals surface area (Å²) in [6.45, 7) is 0. The van der Waals surface area contributed by atoms with Crippen molar-refractivity contribution in [2.45, 2.75) is 0 Å². The maximum absolute atomic E-state index is 12.7. The fourth-order valence-electron chi connectivity index (χ4n) is 3.22. The van der Waals surface area contributed by atoms with Crippen molar-refractivity contribution in [1.82, 2.24) is 9.97 Å². The average Bonchev–Trinajstić information content (AvgIpc) is 2.77. The molecule has 0 amide bonds. The molecule has 152 valence electrons. The van der Waals surface area contributed by atoms with Crippen LogP contribution in [0.2, 0.25) is 0 Å². The second kappa shape index (κ2) is 7.55. The molecule has 0 unspecified atom stereocenters. The molecule has 0 saturated heterocycles. The Balaban J connectivity index is 1.79. The van der Waals surface area contributed by atoms with E-state index in [1.54, 1.807) is 0 Å². The molecule has 11 heteroatoms. The summed E-state index contributed by atoms with van der Waals surface area (Å²) in [5.41, 5.74) is -0.899. The zero-order chi connectivity index (χ0) is 22.1. The Labute approximate surface area is 172 Å². The van der Waals surface area contributed by atoms with Crippen LogP contribution in [0.5, 0.6) is 0 Å². The number of nitrogens with zero attached hydrogens (tertiary/aromatic N) is 4. The number of hydrogen-bond donors (Lipinski definition) is 0. The molecule has 2 aromatic heterocycles. The molecule has 0 spiro atoms. The third-order valence-electron chi connectivity index (χ3n) is 4.51. The van der Waals surface area contributed by atoms with Crippen LogP contribution in [0, 0.1) is 20.2 Å². The highest BCUT2D eigenvalue weighted by Crippen LogP contribution is 2.30. The van der Waals surface area contributed by atoms with Crippen LogP contribution in [0.3, 0.4) is 0 Å². The van der Waals surface area contributed by atoms with Crippen LogP contribution in [0.1, 0.15) is 20.7 Å². The number of nitro groups is 2. The number of carbonyl (C=O) groups is 2. The van der Waals surface area contributed by atoms with Gasteiger partial charge in [0.15, 0.2) is 0 Å². The van der Waals surface area contributed by atoms with Gasteiger partial charge < -0.3 is 4.74 Å². The van der Waals surface area contributed by atoms with Gasteiger partial charge in [0.25, 0.3) is 11.4 Å². The Morgan fingerprint density at radius 2 is 1.13 bits per heavy atom. The molecule has 0 N–H and O–H groups in total. The van der Waals surface area contributed by atoms with Gasteiger partial charge in [0.1, 0.15) is 0 Å². The first-order valence-corrected chi connectivity index (χ1v) is 8.69. The van der Waals surface area contributed by atoms with Gasteiger partial charge in [-0.2, -0.15) is 0 Å². The molecule has 31 heavy (non-hydrogen) atoms. The van der Waals surface area contributed by atoms with Crippen LogP contribution < -0.4 is 0 Å². The number of carbonyl (C=O) groups excluding carboxylic acids is 2. The Hall–Kier alpha value is -4.80. The van der Waals surface area contributed by atoms with Crippen molar-refractivity contribution < 1.29 is 24.2 Å². The Morgan fingerprint density at radius 3 is 1.52 bits per heavy atom. The van der Waals surface area contributed by atoms with E-state index in [0.29, 0.717) is 0 Å². The monoisotopic (exact) mass is 418 g/mol. The molecular formula is C20H10N4O7. The third kappa shape index (κ3) is 3.40. The highest BCUT2D eigenvalue weighted by Gasteiger charge is 2.26. The number of benzene rings is 2. The van der Waals surface area contributed by atoms with Gasteiger partial charge in [0.2, 0.25) is 0 Å². The lowest BCUT2D eigenvalue weighted by atomic mass is 10.1. The molecule has 4 rings (SSSR count). The van der Waals surface area contributed by atoms with E-state index in [4.69, 9.17) is 4.74 Å². The molecule has 0 aliphatic carbocycles. The number of esters is 2. The number of fused-ring (bicyclic) bond motifs is 2. The number of pyridine rings is 2. The van der Waals surface area contributed by atoms with E-state index in [2.05, 4.69) is 9.97 Å². The van der Waals surface area contributed by atoms with Crippen molar-refractivity contribution in [3.05, 3.63) is 92.3 Å². The molecule has 0 aliphatic heterocycles. The first-order chi connectivity index (χ1) is 14.9. The van der Waals surface area contributed by atoms with E-state index < -0.39 is 21.8 Å². The van der Waals surface area contributed by atoms with E-state index in [9.17, 15) is 29.8 Å². The number of aromatic nitrogens is 2. The zero-order valence-electron chi connectivity index (χ0n) is 15.4. The van der Waals surface area contributed by atoms with Crippen molar-refractivity contribution in [3.63, 3.8) is 0 Å². The predicted octanol–water partition coefficient (Wildman–Crippen LogP) is 3.60. The van der Waals surface area contributed by atoms with Crippen LogP contribution in [0.15, 0.2) is 60.9 Å². The summed E-state index contributed by atoms with van der Waals surface area (Å²) in [7, 11) is 0. The maximum atomic E-state index is 12.7. The van der Waals surface area contributed by atoms with Crippen LogP contribution in [-0.2, 0) is 4.74 Å². The molecule has 0 atom stereocenters. The SMILES string of the molecule is O=C(OC(=O)c1cccc2nccc([N+](=O)[O-])c12)c1cccc2nccc([N+](=O)[O-])c12. The smallest absolute Gasteiger partial charge is 0.346 e. The molecular weight excluding hydrogens is 408 g/mol. The lowest BCUT2D eigenvalue weighted by Crippen LogP contribution is -2.14. The first-order valence-electron chi connectivity index (χ1n) is 8.69. The lowest BCUT2D eigenvalue weighted by molar-refractivity contribution is -0.383. The first kappa shape index (κ1) is 19.5. The van der Waals surface area contributed by atoms with Gasteiger partial charge in [-0.05, 0) is 24.3 Å². The standard InChI is InChI=1S/C20H10N4O7/c25-19(11-3-1-5-13-17(11)15(23(27)28)7-9-21-13)31-20(26)12-4-2-6-14-18(12)16(24(29)30)8-10-22-14/h1-10H. The van der Waals surface area contributed by atoms with Crippen LogP contribution in [-0.4, -0.2) is 31.8 Å². The van der Waals surface area contributed by atoms with Gasteiger partial charge in [0, 0.05) is 24.5 Å². The number of ether oxygens (including phenoxy) is 1. The molecule has 0 saturated carbocycles.